The van der Waals surface area contributed by atoms with Crippen molar-refractivity contribution in [3.63, 3.8) is 0 Å². The third-order valence-corrected chi connectivity index (χ3v) is 1.61. The summed E-state index contributed by atoms with van der Waals surface area (Å²) in [6.45, 7) is 0. The standard InChI is InChI=1S/CH6O4Si2.CH2O3/c2-1(3)4-7-5-6;2-1(3)4/h7H2,6H3,(H,2,3);(H2,2,3,4). The van der Waals surface area contributed by atoms with Crippen LogP contribution in [0, 0.1) is 0 Å². The van der Waals surface area contributed by atoms with Crippen LogP contribution in [-0.2, 0) is 8.54 Å². The molecule has 0 saturated carbocycles. The maximum absolute atomic E-state index is 9.51. The third kappa shape index (κ3) is 49.9. The molecule has 0 atom stereocenters. The second-order valence-electron chi connectivity index (χ2n) is 1.10. The van der Waals surface area contributed by atoms with E-state index >= 15 is 0 Å². The number of carbonyl (C=O) groups is 2. The molecule has 0 unspecified atom stereocenters. The molecular weight excluding hydrogens is 192 g/mol. The number of hydrogen-bond donors (Lipinski definition) is 3. The van der Waals surface area contributed by atoms with E-state index in [1.165, 1.54) is 0 Å². The molecule has 0 bridgehead atoms. The summed E-state index contributed by atoms with van der Waals surface area (Å²) in [5.74, 6) is 0. The molecule has 66 valence electrons. The molecular formula is C2H8O7Si2. The Balaban J connectivity index is 0. The molecule has 0 aliphatic rings. The molecule has 0 aromatic heterocycles. The van der Waals surface area contributed by atoms with Gasteiger partial charge in [-0.2, -0.15) is 0 Å². The van der Waals surface area contributed by atoms with Crippen LogP contribution in [-0.4, -0.2) is 48.1 Å². The molecule has 0 saturated heterocycles. The Morgan fingerprint density at radius 2 is 1.64 bits per heavy atom. The Bertz CT molecular complexity index is 120. The third-order valence-electron chi connectivity index (χ3n) is 0.300. The van der Waals surface area contributed by atoms with Gasteiger partial charge in [0.15, 0.2) is 0 Å². The SMILES string of the molecule is O=C(O)O.O=C(O)O[SiH2]O[SiH3]. The second-order valence-corrected chi connectivity index (χ2v) is 3.93. The molecule has 0 rings (SSSR count). The zero-order valence-electron chi connectivity index (χ0n) is 5.68. The van der Waals surface area contributed by atoms with Crippen molar-refractivity contribution in [2.75, 3.05) is 0 Å². The highest BCUT2D eigenvalue weighted by molar-refractivity contribution is 6.29. The van der Waals surface area contributed by atoms with Gasteiger partial charge < -0.3 is 23.9 Å². The highest BCUT2D eigenvalue weighted by Crippen LogP contribution is 1.69. The van der Waals surface area contributed by atoms with Crippen LogP contribution in [0.2, 0.25) is 0 Å². The number of hydrogen-bond acceptors (Lipinski definition) is 4. The van der Waals surface area contributed by atoms with Gasteiger partial charge in [-0.05, 0) is 0 Å². The summed E-state index contributed by atoms with van der Waals surface area (Å²) in [6.07, 6.45) is -3.07. The van der Waals surface area contributed by atoms with Crippen molar-refractivity contribution in [3.8, 4) is 0 Å². The normalized spacial score (nSPS) is 8.73. The Kier molecular flexibility index (Phi) is 10.2. The first-order valence-corrected chi connectivity index (χ1v) is 4.24. The van der Waals surface area contributed by atoms with Gasteiger partial charge in [0, 0.05) is 0 Å². The van der Waals surface area contributed by atoms with E-state index in [1.807, 2.05) is 0 Å². The van der Waals surface area contributed by atoms with Crippen LogP contribution >= 0.6 is 0 Å². The molecule has 9 heteroatoms. The average molecular weight is 200 g/mol. The van der Waals surface area contributed by atoms with Gasteiger partial charge in [-0.25, -0.2) is 9.59 Å². The van der Waals surface area contributed by atoms with E-state index in [-0.39, 0.29) is 0 Å². The van der Waals surface area contributed by atoms with Crippen LogP contribution in [0.4, 0.5) is 9.59 Å². The molecule has 0 spiro atoms. The Morgan fingerprint density at radius 3 is 1.73 bits per heavy atom. The van der Waals surface area contributed by atoms with Crippen molar-refractivity contribution >= 4 is 32.8 Å². The van der Waals surface area contributed by atoms with Gasteiger partial charge in [-0.3, -0.25) is 0 Å². The Morgan fingerprint density at radius 1 is 1.27 bits per heavy atom. The number of rotatable bonds is 2. The Hall–Kier alpha value is -1.07. The first-order chi connectivity index (χ1) is 5.00. The molecule has 0 amide bonds. The van der Waals surface area contributed by atoms with Crippen molar-refractivity contribution in [1.29, 1.82) is 0 Å². The zero-order chi connectivity index (χ0) is 9.28. The van der Waals surface area contributed by atoms with Gasteiger partial charge >= 0.3 is 22.3 Å². The van der Waals surface area contributed by atoms with Crippen LogP contribution in [0.25, 0.3) is 0 Å². The Labute approximate surface area is 67.2 Å². The molecule has 11 heavy (non-hydrogen) atoms. The smallest absolute Gasteiger partial charge is 0.470 e. The van der Waals surface area contributed by atoms with Gasteiger partial charge in [-0.1, -0.05) is 0 Å². The van der Waals surface area contributed by atoms with Crippen LogP contribution < -0.4 is 0 Å². The quantitative estimate of drug-likeness (QED) is 0.450. The summed E-state index contributed by atoms with van der Waals surface area (Å²) in [5, 5.41) is 21.7. The highest BCUT2D eigenvalue weighted by Gasteiger charge is 1.90. The molecule has 0 aliphatic carbocycles. The fraction of sp³-hybridized carbons (Fsp3) is 0. The van der Waals surface area contributed by atoms with E-state index in [0.29, 0.717) is 10.5 Å². The topological polar surface area (TPSA) is 113 Å². The van der Waals surface area contributed by atoms with Crippen molar-refractivity contribution in [1.82, 2.24) is 0 Å². The lowest BCUT2D eigenvalue weighted by Gasteiger charge is -1.93. The fourth-order valence-corrected chi connectivity index (χ4v) is 0.682. The van der Waals surface area contributed by atoms with E-state index in [4.69, 9.17) is 20.1 Å². The van der Waals surface area contributed by atoms with E-state index < -0.39 is 22.3 Å². The van der Waals surface area contributed by atoms with E-state index in [1.54, 1.807) is 0 Å². The molecule has 0 radical (unpaired) electrons. The minimum atomic E-state index is -1.83. The summed E-state index contributed by atoms with van der Waals surface area (Å²) < 4.78 is 8.59. The van der Waals surface area contributed by atoms with Crippen molar-refractivity contribution in [2.45, 2.75) is 0 Å². The summed E-state index contributed by atoms with van der Waals surface area (Å²) in [4.78, 5) is 18.1. The summed E-state index contributed by atoms with van der Waals surface area (Å²) >= 11 is 0. The lowest BCUT2D eigenvalue weighted by Crippen LogP contribution is -2.07. The predicted molar refractivity (Wildman–Crippen MR) is 39.3 cm³/mol. The largest absolute Gasteiger partial charge is 0.503 e. The lowest BCUT2D eigenvalue weighted by molar-refractivity contribution is 0.136. The molecule has 7 nitrogen and oxygen atoms in total. The number of carboxylic acid groups (broad SMARTS) is 3. The van der Waals surface area contributed by atoms with Crippen LogP contribution in [0.3, 0.4) is 0 Å². The first kappa shape index (κ1) is 12.6. The second kappa shape index (κ2) is 8.93. The maximum atomic E-state index is 9.51. The predicted octanol–water partition coefficient (Wildman–Crippen LogP) is -1.80. The van der Waals surface area contributed by atoms with Crippen LogP contribution in [0.15, 0.2) is 0 Å². The lowest BCUT2D eigenvalue weighted by atomic mass is 11.5. The highest BCUT2D eigenvalue weighted by atomic mass is 28.3. The minimum absolute atomic E-state index is 0.568. The van der Waals surface area contributed by atoms with Crippen LogP contribution in [0.1, 0.15) is 0 Å². The fourth-order valence-electron chi connectivity index (χ4n) is 0.109. The van der Waals surface area contributed by atoms with Crippen molar-refractivity contribution in [2.24, 2.45) is 0 Å². The summed E-state index contributed by atoms with van der Waals surface area (Å²) in [6, 6.07) is 0. The minimum Gasteiger partial charge on any atom is -0.470 e. The summed E-state index contributed by atoms with van der Waals surface area (Å²) in [7, 11) is -0.596. The van der Waals surface area contributed by atoms with E-state index in [2.05, 4.69) is 8.54 Å². The average Bonchev–Trinajstić information content (AvgIpc) is 1.82. The monoisotopic (exact) mass is 200 g/mol. The van der Waals surface area contributed by atoms with Gasteiger partial charge in [0.2, 0.25) is 0 Å². The van der Waals surface area contributed by atoms with Gasteiger partial charge in [0.1, 0.15) is 10.5 Å². The summed E-state index contributed by atoms with van der Waals surface area (Å²) in [5.41, 5.74) is 0. The van der Waals surface area contributed by atoms with Gasteiger partial charge in [0.25, 0.3) is 0 Å². The van der Waals surface area contributed by atoms with Crippen molar-refractivity contribution < 1.29 is 33.4 Å². The maximum Gasteiger partial charge on any atom is 0.503 e. The molecule has 3 N–H and O–H groups in total. The van der Waals surface area contributed by atoms with Crippen molar-refractivity contribution in [3.05, 3.63) is 0 Å². The molecule has 0 fully saturated rings. The zero-order valence-corrected chi connectivity index (χ0v) is 9.10. The van der Waals surface area contributed by atoms with Crippen LogP contribution in [0.5, 0.6) is 0 Å². The van der Waals surface area contributed by atoms with E-state index in [0.717, 1.165) is 0 Å². The van der Waals surface area contributed by atoms with Gasteiger partial charge in [-0.15, -0.1) is 0 Å². The van der Waals surface area contributed by atoms with E-state index in [9.17, 15) is 4.79 Å². The molecule has 0 aromatic rings. The molecule has 0 aliphatic heterocycles. The van der Waals surface area contributed by atoms with Gasteiger partial charge in [0.05, 0.1) is 0 Å². The molecule has 0 heterocycles. The first-order valence-electron chi connectivity index (χ1n) is 2.27. The molecule has 0 aromatic carbocycles.